The Morgan fingerprint density at radius 2 is 1.79 bits per heavy atom. The van der Waals surface area contributed by atoms with Gasteiger partial charge in [0.25, 0.3) is 0 Å². The molecule has 3 fully saturated rings. The molecule has 9 nitrogen and oxygen atoms in total. The minimum atomic E-state index is -1.28. The van der Waals surface area contributed by atoms with Gasteiger partial charge in [0.1, 0.15) is 17.3 Å². The molecule has 2 aromatic carbocycles. The summed E-state index contributed by atoms with van der Waals surface area (Å²) in [4.78, 5) is 59.4. The lowest BCUT2D eigenvalue weighted by Gasteiger charge is -2.49. The summed E-state index contributed by atoms with van der Waals surface area (Å²) in [6.45, 7) is 3.81. The predicted molar refractivity (Wildman–Crippen MR) is 182 cm³/mol. The Bertz CT molecular complexity index is 2140. The summed E-state index contributed by atoms with van der Waals surface area (Å²) in [5.41, 5.74) is 1.68. The lowest BCUT2D eigenvalue weighted by Crippen LogP contribution is -2.48. The molecule has 4 aliphatic rings. The van der Waals surface area contributed by atoms with Gasteiger partial charge < -0.3 is 5.11 Å². The van der Waals surface area contributed by atoms with Crippen molar-refractivity contribution in [1.82, 2.24) is 14.7 Å². The van der Waals surface area contributed by atoms with Gasteiger partial charge in [-0.1, -0.05) is 39.2 Å². The summed E-state index contributed by atoms with van der Waals surface area (Å²) in [6.07, 6.45) is 2.57. The van der Waals surface area contributed by atoms with Gasteiger partial charge in [0, 0.05) is 45.8 Å². The third-order valence-electron chi connectivity index (χ3n) is 11.0. The molecule has 2 aliphatic heterocycles. The van der Waals surface area contributed by atoms with E-state index in [1.54, 1.807) is 54.3 Å². The fourth-order valence-corrected chi connectivity index (χ4v) is 10.4. The third-order valence-corrected chi connectivity index (χ3v) is 13.0. The van der Waals surface area contributed by atoms with Gasteiger partial charge in [-0.15, -0.1) is 11.3 Å². The van der Waals surface area contributed by atoms with Crippen LogP contribution in [0.25, 0.3) is 20.7 Å². The first-order valence-electron chi connectivity index (χ1n) is 15.4. The van der Waals surface area contributed by atoms with Crippen molar-refractivity contribution >= 4 is 78.4 Å². The zero-order valence-electron chi connectivity index (χ0n) is 26.0. The van der Waals surface area contributed by atoms with Gasteiger partial charge in [-0.3, -0.25) is 28.8 Å². The smallest absolute Gasteiger partial charge is 0.242 e. The number of imide groups is 2. The van der Waals surface area contributed by atoms with Crippen LogP contribution in [0.15, 0.2) is 58.6 Å². The number of fused-ring (bicyclic) bond motifs is 5. The number of benzene rings is 2. The highest BCUT2D eigenvalue weighted by Gasteiger charge is 2.68. The van der Waals surface area contributed by atoms with E-state index in [2.05, 4.69) is 15.9 Å². The minimum Gasteiger partial charge on any atom is -0.508 e. The first-order valence-corrected chi connectivity index (χ1v) is 17.4. The molecule has 1 N–H and O–H groups in total. The lowest BCUT2D eigenvalue weighted by molar-refractivity contribution is -0.138. The van der Waals surface area contributed by atoms with Crippen LogP contribution in [-0.2, 0) is 26.2 Å². The average molecular weight is 734 g/mol. The molecule has 2 saturated heterocycles. The van der Waals surface area contributed by atoms with Gasteiger partial charge in [-0.2, -0.15) is 5.10 Å². The van der Waals surface area contributed by atoms with E-state index >= 15 is 0 Å². The van der Waals surface area contributed by atoms with Crippen LogP contribution in [0, 0.1) is 36.0 Å². The van der Waals surface area contributed by atoms with Crippen molar-refractivity contribution in [2.45, 2.75) is 32.6 Å². The van der Waals surface area contributed by atoms with E-state index in [9.17, 15) is 24.3 Å². The number of aryl methyl sites for hydroxylation is 2. The van der Waals surface area contributed by atoms with Crippen molar-refractivity contribution in [3.05, 3.63) is 74.7 Å². The maximum atomic E-state index is 14.9. The molecule has 8 rings (SSSR count). The second kappa shape index (κ2) is 10.3. The Kier molecular flexibility index (Phi) is 6.72. The van der Waals surface area contributed by atoms with Crippen LogP contribution in [0.3, 0.4) is 0 Å². The van der Waals surface area contributed by atoms with E-state index in [4.69, 9.17) is 16.7 Å². The average Bonchev–Trinajstić information content (AvgIpc) is 3.70. The van der Waals surface area contributed by atoms with Crippen LogP contribution in [0.5, 0.6) is 5.75 Å². The Balaban J connectivity index is 1.27. The maximum absolute atomic E-state index is 14.9. The van der Waals surface area contributed by atoms with E-state index < -0.39 is 40.9 Å². The second-order valence-electron chi connectivity index (χ2n) is 13.3. The first-order chi connectivity index (χ1) is 22.3. The molecule has 0 radical (unpaired) electrons. The molecule has 2 aromatic heterocycles. The molecule has 0 unspecified atom stereocenters. The highest BCUT2D eigenvalue weighted by molar-refractivity contribution is 9.10. The molecule has 240 valence electrons. The SMILES string of the molecule is Cc1c(-c2cc(N3C(=O)[C@@H]4C[C@@H]5C(=CC[C@@H]6C(=O)N(C)C(=O)[C@@H]65)[C@H](c5cc(Br)ccc5O)[C@]4(C)C3=O)n(C)n2)sc2ccc(Cl)cc12. The number of allylic oxidation sites excluding steroid dienone is 2. The van der Waals surface area contributed by atoms with E-state index in [1.165, 1.54) is 16.8 Å². The highest BCUT2D eigenvalue weighted by Crippen LogP contribution is 2.64. The van der Waals surface area contributed by atoms with Gasteiger partial charge in [0.2, 0.25) is 23.6 Å². The molecule has 4 aromatic rings. The number of amides is 4. The number of aromatic hydroxyl groups is 1. The highest BCUT2D eigenvalue weighted by atomic mass is 79.9. The number of phenols is 1. The van der Waals surface area contributed by atoms with E-state index in [-0.39, 0.29) is 29.9 Å². The van der Waals surface area contributed by atoms with E-state index in [1.807, 2.05) is 31.2 Å². The third kappa shape index (κ3) is 4.09. The maximum Gasteiger partial charge on any atom is 0.242 e. The van der Waals surface area contributed by atoms with Gasteiger partial charge in [-0.05, 0) is 80.0 Å². The van der Waals surface area contributed by atoms with Crippen LogP contribution in [0.2, 0.25) is 5.02 Å². The number of nitrogens with zero attached hydrogens (tertiary/aromatic N) is 4. The van der Waals surface area contributed by atoms with Crippen LogP contribution in [0.1, 0.15) is 36.8 Å². The Labute approximate surface area is 287 Å². The molecule has 0 spiro atoms. The number of hydrogen-bond donors (Lipinski definition) is 1. The van der Waals surface area contributed by atoms with E-state index in [0.717, 1.165) is 26.1 Å². The molecule has 1 saturated carbocycles. The molecule has 0 bridgehead atoms. The minimum absolute atomic E-state index is 0.00495. The fraction of sp³-hybridized carbons (Fsp3) is 0.343. The molecular weight excluding hydrogens is 704 g/mol. The van der Waals surface area contributed by atoms with Gasteiger partial charge in [-0.25, -0.2) is 4.90 Å². The Morgan fingerprint density at radius 1 is 1.02 bits per heavy atom. The zero-order valence-corrected chi connectivity index (χ0v) is 29.1. The van der Waals surface area contributed by atoms with Crippen LogP contribution < -0.4 is 4.90 Å². The van der Waals surface area contributed by atoms with Crippen molar-refractivity contribution in [2.24, 2.45) is 36.1 Å². The zero-order chi connectivity index (χ0) is 33.3. The van der Waals surface area contributed by atoms with Crippen molar-refractivity contribution in [3.63, 3.8) is 0 Å². The first kappa shape index (κ1) is 30.5. The summed E-state index contributed by atoms with van der Waals surface area (Å²) in [7, 11) is 3.22. The van der Waals surface area contributed by atoms with Crippen LogP contribution in [-0.4, -0.2) is 50.5 Å². The molecule has 12 heteroatoms. The fourth-order valence-electron chi connectivity index (χ4n) is 8.71. The van der Waals surface area contributed by atoms with E-state index in [0.29, 0.717) is 33.0 Å². The number of anilines is 1. The number of hydrogen-bond acceptors (Lipinski definition) is 7. The summed E-state index contributed by atoms with van der Waals surface area (Å²) < 4.78 is 3.32. The summed E-state index contributed by atoms with van der Waals surface area (Å²) in [5, 5.41) is 17.7. The summed E-state index contributed by atoms with van der Waals surface area (Å²) >= 11 is 11.4. The van der Waals surface area contributed by atoms with Crippen LogP contribution in [0.4, 0.5) is 5.82 Å². The monoisotopic (exact) mass is 732 g/mol. The largest absolute Gasteiger partial charge is 0.508 e. The van der Waals surface area contributed by atoms with Crippen molar-refractivity contribution in [2.75, 3.05) is 11.9 Å². The molecule has 47 heavy (non-hydrogen) atoms. The molecule has 6 atom stereocenters. The number of thiophene rings is 1. The Hall–Kier alpha value is -3.80. The number of halogens is 2. The number of carbonyl (C=O) groups excluding carboxylic acids is 4. The standard InChI is InChI=1S/C35H30BrClN4O5S/c1-15-20-12-17(37)6-10-26(20)47-30(15)24-14-27(40(4)38-24)41-32(44)23-13-21-18(7-8-19-28(21)33(45)39(3)31(19)43)29(35(23,2)34(41)46)22-11-16(36)5-9-25(22)42/h5-7,9-12,14,19,21,23,28-29,42H,8,13H2,1-4H3/t19-,21+,23-,28-,29+,35+/m0/s1. The number of carbonyl (C=O) groups is 4. The summed E-state index contributed by atoms with van der Waals surface area (Å²) in [6, 6.07) is 12.6. The van der Waals surface area contributed by atoms with Gasteiger partial charge >= 0.3 is 0 Å². The number of likely N-dealkylation sites (tertiary alicyclic amines) is 1. The van der Waals surface area contributed by atoms with Crippen molar-refractivity contribution in [1.29, 1.82) is 0 Å². The lowest BCUT2D eigenvalue weighted by atomic mass is 9.51. The van der Waals surface area contributed by atoms with Crippen LogP contribution >= 0.6 is 38.9 Å². The Morgan fingerprint density at radius 3 is 2.55 bits per heavy atom. The number of rotatable bonds is 3. The topological polar surface area (TPSA) is 113 Å². The molecule has 4 amide bonds. The molecular formula is C35H30BrClN4O5S. The molecule has 2 aliphatic carbocycles. The summed E-state index contributed by atoms with van der Waals surface area (Å²) in [5.74, 6) is -4.00. The van der Waals surface area contributed by atoms with Gasteiger partial charge in [0.05, 0.1) is 28.0 Å². The van der Waals surface area contributed by atoms with Crippen molar-refractivity contribution < 1.29 is 24.3 Å². The normalized spacial score (nSPS) is 28.6. The predicted octanol–water partition coefficient (Wildman–Crippen LogP) is 6.59. The number of phenolic OH excluding ortho intramolecular Hbond substituents is 1. The number of aromatic nitrogens is 2. The second-order valence-corrected chi connectivity index (χ2v) is 15.7. The molecule has 4 heterocycles. The quantitative estimate of drug-likeness (QED) is 0.188. The van der Waals surface area contributed by atoms with Crippen molar-refractivity contribution in [3.8, 4) is 16.3 Å². The van der Waals surface area contributed by atoms with Gasteiger partial charge in [0.15, 0.2) is 0 Å².